The third-order valence-electron chi connectivity index (χ3n) is 3.22. The number of sulfonamides is 1. The minimum absolute atomic E-state index is 0.0333. The van der Waals surface area contributed by atoms with Crippen LogP contribution in [0.4, 0.5) is 5.69 Å². The molecule has 0 fully saturated rings. The van der Waals surface area contributed by atoms with Gasteiger partial charge in [0.05, 0.1) is 16.2 Å². The Bertz CT molecular complexity index is 937. The van der Waals surface area contributed by atoms with Crippen molar-refractivity contribution in [2.45, 2.75) is 18.6 Å². The highest BCUT2D eigenvalue weighted by atomic mass is 35.5. The number of halogens is 1. The molecular formula is C14H13ClN4O2S. The molecule has 0 aliphatic carbocycles. The van der Waals surface area contributed by atoms with Gasteiger partial charge in [0.25, 0.3) is 10.0 Å². The Balaban J connectivity index is 2.09. The monoisotopic (exact) mass is 336 g/mol. The van der Waals surface area contributed by atoms with Gasteiger partial charge in [0.2, 0.25) is 5.16 Å². The number of benzene rings is 1. The molecule has 1 aromatic carbocycles. The van der Waals surface area contributed by atoms with Crippen LogP contribution < -0.4 is 4.72 Å². The van der Waals surface area contributed by atoms with E-state index in [-0.39, 0.29) is 5.16 Å². The summed E-state index contributed by atoms with van der Waals surface area (Å²) in [6, 6.07) is 6.81. The molecule has 0 saturated heterocycles. The maximum Gasteiger partial charge on any atom is 0.295 e. The van der Waals surface area contributed by atoms with Gasteiger partial charge in [0, 0.05) is 30.5 Å². The minimum atomic E-state index is -3.80. The standard InChI is InChI=1S/C14H13ClN4O2S/c1-2-19-9-8-17-14(19)22(20,21)18-12-5-3-4-10-11(15)6-7-16-13(10)12/h3-9,18H,2H2,1H3. The first-order valence-electron chi connectivity index (χ1n) is 6.60. The van der Waals surface area contributed by atoms with Crippen molar-refractivity contribution in [3.8, 4) is 0 Å². The average molecular weight is 337 g/mol. The van der Waals surface area contributed by atoms with Gasteiger partial charge in [-0.3, -0.25) is 9.71 Å². The van der Waals surface area contributed by atoms with Crippen molar-refractivity contribution in [1.29, 1.82) is 0 Å². The van der Waals surface area contributed by atoms with Crippen LogP contribution in [-0.4, -0.2) is 23.0 Å². The minimum Gasteiger partial charge on any atom is -0.321 e. The number of pyridine rings is 1. The molecule has 2 heterocycles. The summed E-state index contributed by atoms with van der Waals surface area (Å²) in [7, 11) is -3.80. The van der Waals surface area contributed by atoms with Gasteiger partial charge in [-0.15, -0.1) is 0 Å². The summed E-state index contributed by atoms with van der Waals surface area (Å²) in [6.45, 7) is 2.36. The van der Waals surface area contributed by atoms with Crippen LogP contribution in [0, 0.1) is 0 Å². The highest BCUT2D eigenvalue weighted by molar-refractivity contribution is 7.92. The number of rotatable bonds is 4. The highest BCUT2D eigenvalue weighted by Gasteiger charge is 2.21. The lowest BCUT2D eigenvalue weighted by Gasteiger charge is -2.11. The maximum atomic E-state index is 12.5. The molecule has 0 aliphatic rings. The second-order valence-corrected chi connectivity index (χ2v) is 6.58. The van der Waals surface area contributed by atoms with E-state index < -0.39 is 10.0 Å². The number of hydrogen-bond acceptors (Lipinski definition) is 4. The largest absolute Gasteiger partial charge is 0.321 e. The molecule has 2 aromatic heterocycles. The average Bonchev–Trinajstić information content (AvgIpc) is 2.97. The van der Waals surface area contributed by atoms with Crippen LogP contribution in [0.2, 0.25) is 5.02 Å². The summed E-state index contributed by atoms with van der Waals surface area (Å²) < 4.78 is 29.1. The SMILES string of the molecule is CCn1ccnc1S(=O)(=O)Nc1cccc2c(Cl)ccnc12. The summed E-state index contributed by atoms with van der Waals surface area (Å²) >= 11 is 6.11. The van der Waals surface area contributed by atoms with Crippen molar-refractivity contribution in [2.24, 2.45) is 0 Å². The van der Waals surface area contributed by atoms with Crippen molar-refractivity contribution in [3.05, 3.63) is 47.9 Å². The quantitative estimate of drug-likeness (QED) is 0.794. The first kappa shape index (κ1) is 14.8. The Morgan fingerprint density at radius 3 is 2.82 bits per heavy atom. The van der Waals surface area contributed by atoms with Gasteiger partial charge in [0.15, 0.2) is 0 Å². The molecule has 114 valence electrons. The van der Waals surface area contributed by atoms with Crippen LogP contribution in [0.15, 0.2) is 48.0 Å². The smallest absolute Gasteiger partial charge is 0.295 e. The molecule has 22 heavy (non-hydrogen) atoms. The van der Waals surface area contributed by atoms with E-state index in [2.05, 4.69) is 14.7 Å². The van der Waals surface area contributed by atoms with Crippen LogP contribution in [0.25, 0.3) is 10.9 Å². The third kappa shape index (κ3) is 2.53. The van der Waals surface area contributed by atoms with Crippen LogP contribution in [0.1, 0.15) is 6.92 Å². The zero-order valence-electron chi connectivity index (χ0n) is 11.7. The number of fused-ring (bicyclic) bond motifs is 1. The van der Waals surface area contributed by atoms with Crippen molar-refractivity contribution in [3.63, 3.8) is 0 Å². The van der Waals surface area contributed by atoms with Gasteiger partial charge >= 0.3 is 0 Å². The molecule has 0 atom stereocenters. The second kappa shape index (κ2) is 5.58. The molecular weight excluding hydrogens is 324 g/mol. The topological polar surface area (TPSA) is 76.9 Å². The predicted octanol–water partition coefficient (Wildman–Crippen LogP) is 2.91. The number of nitrogens with one attached hydrogen (secondary N) is 1. The molecule has 0 radical (unpaired) electrons. The lowest BCUT2D eigenvalue weighted by Crippen LogP contribution is -2.18. The van der Waals surface area contributed by atoms with E-state index in [1.54, 1.807) is 35.0 Å². The van der Waals surface area contributed by atoms with Gasteiger partial charge < -0.3 is 4.57 Å². The number of para-hydroxylation sites is 1. The fraction of sp³-hybridized carbons (Fsp3) is 0.143. The molecule has 3 rings (SSSR count). The zero-order chi connectivity index (χ0) is 15.7. The summed E-state index contributed by atoms with van der Waals surface area (Å²) in [4.78, 5) is 8.13. The maximum absolute atomic E-state index is 12.5. The Labute approximate surface area is 132 Å². The number of nitrogens with zero attached hydrogens (tertiary/aromatic N) is 3. The highest BCUT2D eigenvalue weighted by Crippen LogP contribution is 2.28. The van der Waals surface area contributed by atoms with E-state index in [1.165, 1.54) is 12.4 Å². The molecule has 0 amide bonds. The van der Waals surface area contributed by atoms with Gasteiger partial charge in [0.1, 0.15) is 0 Å². The van der Waals surface area contributed by atoms with Gasteiger partial charge in [-0.2, -0.15) is 8.42 Å². The van der Waals surface area contributed by atoms with Crippen molar-refractivity contribution < 1.29 is 8.42 Å². The van der Waals surface area contributed by atoms with E-state index in [0.29, 0.717) is 28.2 Å². The first-order valence-corrected chi connectivity index (χ1v) is 8.46. The van der Waals surface area contributed by atoms with E-state index in [9.17, 15) is 8.42 Å². The van der Waals surface area contributed by atoms with E-state index >= 15 is 0 Å². The molecule has 0 bridgehead atoms. The molecule has 3 aromatic rings. The number of imidazole rings is 1. The van der Waals surface area contributed by atoms with Crippen LogP contribution in [0.3, 0.4) is 0 Å². The molecule has 0 spiro atoms. The van der Waals surface area contributed by atoms with Crippen molar-refractivity contribution in [1.82, 2.24) is 14.5 Å². The van der Waals surface area contributed by atoms with Gasteiger partial charge in [-0.05, 0) is 19.1 Å². The number of aryl methyl sites for hydroxylation is 1. The fourth-order valence-corrected chi connectivity index (χ4v) is 3.65. The Morgan fingerprint density at radius 2 is 2.05 bits per heavy atom. The molecule has 8 heteroatoms. The van der Waals surface area contributed by atoms with Crippen LogP contribution >= 0.6 is 11.6 Å². The van der Waals surface area contributed by atoms with Crippen molar-refractivity contribution >= 4 is 38.2 Å². The van der Waals surface area contributed by atoms with Gasteiger partial charge in [-0.25, -0.2) is 4.98 Å². The number of hydrogen-bond donors (Lipinski definition) is 1. The molecule has 6 nitrogen and oxygen atoms in total. The van der Waals surface area contributed by atoms with E-state index in [4.69, 9.17) is 11.6 Å². The third-order valence-corrected chi connectivity index (χ3v) is 4.86. The Kier molecular flexibility index (Phi) is 3.76. The Morgan fingerprint density at radius 1 is 1.23 bits per heavy atom. The molecule has 0 saturated carbocycles. The van der Waals surface area contributed by atoms with E-state index in [0.717, 1.165) is 0 Å². The zero-order valence-corrected chi connectivity index (χ0v) is 13.3. The van der Waals surface area contributed by atoms with Crippen LogP contribution in [-0.2, 0) is 16.6 Å². The second-order valence-electron chi connectivity index (χ2n) is 4.60. The lowest BCUT2D eigenvalue weighted by molar-refractivity contribution is 0.574. The van der Waals surface area contributed by atoms with Gasteiger partial charge in [-0.1, -0.05) is 23.7 Å². The van der Waals surface area contributed by atoms with Crippen molar-refractivity contribution in [2.75, 3.05) is 4.72 Å². The normalized spacial score (nSPS) is 11.7. The summed E-state index contributed by atoms with van der Waals surface area (Å²) in [5, 5.41) is 1.17. The molecule has 0 unspecified atom stereocenters. The summed E-state index contributed by atoms with van der Waals surface area (Å²) in [6.07, 6.45) is 4.61. The number of anilines is 1. The van der Waals surface area contributed by atoms with E-state index in [1.807, 2.05) is 6.92 Å². The lowest BCUT2D eigenvalue weighted by atomic mass is 10.2. The molecule has 1 N–H and O–H groups in total. The summed E-state index contributed by atoms with van der Waals surface area (Å²) in [5.41, 5.74) is 0.860. The summed E-state index contributed by atoms with van der Waals surface area (Å²) in [5.74, 6) is 0. The van der Waals surface area contributed by atoms with Crippen LogP contribution in [0.5, 0.6) is 0 Å². The molecule has 0 aliphatic heterocycles. The number of aromatic nitrogens is 3. The first-order chi connectivity index (χ1) is 10.5. The fourth-order valence-electron chi connectivity index (χ4n) is 2.20. The Hall–Kier alpha value is -2.12. The predicted molar refractivity (Wildman–Crippen MR) is 85.5 cm³/mol.